The molecule has 2 aromatic carbocycles. The van der Waals surface area contributed by atoms with Crippen LogP contribution in [-0.4, -0.2) is 44.3 Å². The molecule has 7 nitrogen and oxygen atoms in total. The van der Waals surface area contributed by atoms with Crippen molar-refractivity contribution in [3.63, 3.8) is 0 Å². The zero-order valence-corrected chi connectivity index (χ0v) is 20.5. The molecule has 178 valence electrons. The summed E-state index contributed by atoms with van der Waals surface area (Å²) < 4.78 is 33.1. The Balaban J connectivity index is 1.94. The monoisotopic (exact) mass is 512 g/mol. The highest BCUT2D eigenvalue weighted by Gasteiger charge is 2.36. The number of sulfonamides is 1. The van der Waals surface area contributed by atoms with E-state index in [1.54, 1.807) is 18.2 Å². The van der Waals surface area contributed by atoms with E-state index in [1.807, 2.05) is 0 Å². The summed E-state index contributed by atoms with van der Waals surface area (Å²) in [6, 6.07) is 10.2. The van der Waals surface area contributed by atoms with Crippen LogP contribution < -0.4 is 5.32 Å². The third-order valence-corrected chi connectivity index (χ3v) is 8.04. The zero-order valence-electron chi connectivity index (χ0n) is 18.2. The third kappa shape index (κ3) is 6.47. The molecule has 1 N–H and O–H groups in total. The number of hydrogen-bond acceptors (Lipinski definition) is 5. The Labute approximate surface area is 204 Å². The van der Waals surface area contributed by atoms with Crippen LogP contribution in [0.15, 0.2) is 47.4 Å². The van der Waals surface area contributed by atoms with Gasteiger partial charge in [0.2, 0.25) is 15.9 Å². The summed E-state index contributed by atoms with van der Waals surface area (Å²) in [4.78, 5) is 24.2. The molecule has 1 atom stereocenters. The minimum Gasteiger partial charge on any atom is -0.469 e. The standard InChI is InChI=1S/C23H26Cl2N2O5S/c1-32-22(28)12-6-16-5-7-17(20(25)14-16)15-27(21-4-2-3-13-26-23(21)29)33(30,31)19-10-8-18(24)9-11-19/h5,7-11,14,21H,2-4,6,12-13,15H2,1H3,(H,26,29)/t21-/m1/s1. The van der Waals surface area contributed by atoms with Crippen LogP contribution in [0.2, 0.25) is 10.0 Å². The maximum absolute atomic E-state index is 13.6. The molecule has 0 bridgehead atoms. The van der Waals surface area contributed by atoms with Crippen molar-refractivity contribution in [2.75, 3.05) is 13.7 Å². The van der Waals surface area contributed by atoms with Gasteiger partial charge in [-0.25, -0.2) is 8.42 Å². The van der Waals surface area contributed by atoms with Crippen LogP contribution in [0.5, 0.6) is 0 Å². The van der Waals surface area contributed by atoms with Crippen molar-refractivity contribution in [3.05, 3.63) is 63.6 Å². The normalized spacial score (nSPS) is 16.8. The van der Waals surface area contributed by atoms with Gasteiger partial charge in [0, 0.05) is 29.6 Å². The topological polar surface area (TPSA) is 92.8 Å². The maximum Gasteiger partial charge on any atom is 0.305 e. The van der Waals surface area contributed by atoms with Gasteiger partial charge in [-0.2, -0.15) is 4.31 Å². The van der Waals surface area contributed by atoms with E-state index < -0.39 is 16.1 Å². The van der Waals surface area contributed by atoms with E-state index in [9.17, 15) is 18.0 Å². The lowest BCUT2D eigenvalue weighted by molar-refractivity contribution is -0.140. The molecule has 0 saturated carbocycles. The highest BCUT2D eigenvalue weighted by molar-refractivity contribution is 7.89. The number of amides is 1. The third-order valence-electron chi connectivity index (χ3n) is 5.56. The fourth-order valence-corrected chi connectivity index (χ4v) is 5.68. The predicted octanol–water partition coefficient (Wildman–Crippen LogP) is 3.96. The van der Waals surface area contributed by atoms with Gasteiger partial charge in [-0.3, -0.25) is 9.59 Å². The van der Waals surface area contributed by atoms with Gasteiger partial charge in [0.1, 0.15) is 6.04 Å². The number of ether oxygens (including phenoxy) is 1. The first-order valence-electron chi connectivity index (χ1n) is 10.6. The van der Waals surface area contributed by atoms with E-state index in [-0.39, 0.29) is 29.7 Å². The molecule has 2 aromatic rings. The number of hydrogen-bond donors (Lipinski definition) is 1. The Morgan fingerprint density at radius 2 is 1.88 bits per heavy atom. The molecule has 10 heteroatoms. The molecule has 33 heavy (non-hydrogen) atoms. The van der Waals surface area contributed by atoms with Crippen LogP contribution in [0, 0.1) is 0 Å². The number of aryl methyl sites for hydroxylation is 1. The van der Waals surface area contributed by atoms with Crippen LogP contribution in [0.25, 0.3) is 0 Å². The predicted molar refractivity (Wildman–Crippen MR) is 127 cm³/mol. The first-order valence-corrected chi connectivity index (χ1v) is 12.8. The number of rotatable bonds is 8. The van der Waals surface area contributed by atoms with E-state index >= 15 is 0 Å². The summed E-state index contributed by atoms with van der Waals surface area (Å²) in [7, 11) is -2.69. The first-order chi connectivity index (χ1) is 15.7. The van der Waals surface area contributed by atoms with E-state index in [0.717, 1.165) is 18.4 Å². The van der Waals surface area contributed by atoms with Gasteiger partial charge in [-0.1, -0.05) is 35.3 Å². The van der Waals surface area contributed by atoms with Crippen molar-refractivity contribution in [1.82, 2.24) is 9.62 Å². The molecule has 1 aliphatic heterocycles. The molecule has 1 heterocycles. The first kappa shape index (κ1) is 25.5. The van der Waals surface area contributed by atoms with Crippen LogP contribution in [0.4, 0.5) is 0 Å². The van der Waals surface area contributed by atoms with Gasteiger partial charge in [0.25, 0.3) is 0 Å². The summed E-state index contributed by atoms with van der Waals surface area (Å²) in [5, 5.41) is 3.59. The summed E-state index contributed by atoms with van der Waals surface area (Å²) in [6.45, 7) is 0.443. The Bertz CT molecular complexity index is 1110. The second-order valence-electron chi connectivity index (χ2n) is 7.81. The van der Waals surface area contributed by atoms with Crippen LogP contribution in [0.1, 0.15) is 36.8 Å². The molecule has 0 spiro atoms. The minimum atomic E-state index is -4.02. The van der Waals surface area contributed by atoms with Gasteiger partial charge >= 0.3 is 5.97 Å². The summed E-state index contributed by atoms with van der Waals surface area (Å²) in [6.07, 6.45) is 2.58. The second kappa shape index (κ2) is 11.3. The van der Waals surface area contributed by atoms with Gasteiger partial charge in [0.05, 0.1) is 12.0 Å². The molecular weight excluding hydrogens is 487 g/mol. The number of carbonyl (C=O) groups is 2. The molecule has 1 saturated heterocycles. The lowest BCUT2D eigenvalue weighted by Crippen LogP contribution is -2.48. The number of nitrogens with zero attached hydrogens (tertiary/aromatic N) is 1. The number of methoxy groups -OCH3 is 1. The molecule has 3 rings (SSSR count). The van der Waals surface area contributed by atoms with Crippen molar-refractivity contribution in [2.45, 2.75) is 49.6 Å². The van der Waals surface area contributed by atoms with Gasteiger partial charge in [0.15, 0.2) is 0 Å². The fraction of sp³-hybridized carbons (Fsp3) is 0.391. The van der Waals surface area contributed by atoms with Gasteiger partial charge in [-0.15, -0.1) is 0 Å². The Kier molecular flexibility index (Phi) is 8.75. The van der Waals surface area contributed by atoms with E-state index in [0.29, 0.717) is 35.0 Å². The number of halogens is 2. The van der Waals surface area contributed by atoms with Crippen molar-refractivity contribution in [3.8, 4) is 0 Å². The largest absolute Gasteiger partial charge is 0.469 e. The average Bonchev–Trinajstić information content (AvgIpc) is 3.01. The number of nitrogens with one attached hydrogen (secondary N) is 1. The van der Waals surface area contributed by atoms with Gasteiger partial charge < -0.3 is 10.1 Å². The molecular formula is C23H26Cl2N2O5S. The fourth-order valence-electron chi connectivity index (χ4n) is 3.69. The lowest BCUT2D eigenvalue weighted by Gasteiger charge is -2.29. The molecule has 1 amide bonds. The Morgan fingerprint density at radius 3 is 2.55 bits per heavy atom. The second-order valence-corrected chi connectivity index (χ2v) is 10.5. The van der Waals surface area contributed by atoms with E-state index in [2.05, 4.69) is 10.1 Å². The van der Waals surface area contributed by atoms with Crippen molar-refractivity contribution < 1.29 is 22.7 Å². The van der Waals surface area contributed by atoms with Crippen molar-refractivity contribution in [1.29, 1.82) is 0 Å². The Morgan fingerprint density at radius 1 is 1.15 bits per heavy atom. The molecule has 1 aliphatic rings. The summed E-state index contributed by atoms with van der Waals surface area (Å²) >= 11 is 12.4. The highest BCUT2D eigenvalue weighted by Crippen LogP contribution is 2.28. The van der Waals surface area contributed by atoms with Crippen molar-refractivity contribution >= 4 is 45.1 Å². The summed E-state index contributed by atoms with van der Waals surface area (Å²) in [5.41, 5.74) is 1.39. The molecule has 0 aromatic heterocycles. The molecule has 1 fully saturated rings. The average molecular weight is 513 g/mol. The van der Waals surface area contributed by atoms with Gasteiger partial charge in [-0.05, 0) is 67.1 Å². The van der Waals surface area contributed by atoms with Crippen molar-refractivity contribution in [2.24, 2.45) is 0 Å². The summed E-state index contributed by atoms with van der Waals surface area (Å²) in [5.74, 6) is -0.648. The van der Waals surface area contributed by atoms with Crippen LogP contribution in [-0.2, 0) is 37.3 Å². The van der Waals surface area contributed by atoms with Crippen LogP contribution >= 0.6 is 23.2 Å². The SMILES string of the molecule is COC(=O)CCc1ccc(CN([C@@H]2CCCCNC2=O)S(=O)(=O)c2ccc(Cl)cc2)c(Cl)c1. The van der Waals surface area contributed by atoms with E-state index in [1.165, 1.54) is 35.7 Å². The highest BCUT2D eigenvalue weighted by atomic mass is 35.5. The molecule has 0 aliphatic carbocycles. The Hall–Kier alpha value is -2.13. The number of esters is 1. The van der Waals surface area contributed by atoms with E-state index in [4.69, 9.17) is 23.2 Å². The molecule has 0 radical (unpaired) electrons. The number of carbonyl (C=O) groups excluding carboxylic acids is 2. The lowest BCUT2D eigenvalue weighted by atomic mass is 10.1. The quantitative estimate of drug-likeness (QED) is 0.540. The zero-order chi connectivity index (χ0) is 24.0. The minimum absolute atomic E-state index is 0.0507. The number of benzene rings is 2. The molecule has 0 unspecified atom stereocenters. The smallest absolute Gasteiger partial charge is 0.305 e. The maximum atomic E-state index is 13.6. The van der Waals surface area contributed by atoms with Crippen LogP contribution in [0.3, 0.4) is 0 Å².